The summed E-state index contributed by atoms with van der Waals surface area (Å²) in [6.07, 6.45) is 0.839. The van der Waals surface area contributed by atoms with Gasteiger partial charge in [0.15, 0.2) is 0 Å². The first-order valence-corrected chi connectivity index (χ1v) is 7.22. The van der Waals surface area contributed by atoms with Gasteiger partial charge in [-0.15, -0.1) is 0 Å². The number of anilines is 2. The number of aromatic nitrogens is 1. The summed E-state index contributed by atoms with van der Waals surface area (Å²) in [7, 11) is 0. The molecule has 8 heteroatoms. The molecule has 3 rings (SSSR count). The Kier molecular flexibility index (Phi) is 3.73. The monoisotopic (exact) mass is 316 g/mol. The first-order chi connectivity index (χ1) is 10.9. The topological polar surface area (TPSA) is 110 Å². The molecule has 120 valence electrons. The van der Waals surface area contributed by atoms with Gasteiger partial charge in [-0.1, -0.05) is 0 Å². The fraction of sp³-hybridized carbons (Fsp3) is 0.333. The van der Waals surface area contributed by atoms with Gasteiger partial charge in [-0.3, -0.25) is 14.9 Å². The number of carbonyl (C=O) groups is 1. The number of nitrogens with one attached hydrogen (secondary N) is 2. The van der Waals surface area contributed by atoms with Gasteiger partial charge in [-0.05, 0) is 31.9 Å². The van der Waals surface area contributed by atoms with Crippen LogP contribution < -0.4 is 10.6 Å². The molecule has 0 aliphatic carbocycles. The van der Waals surface area contributed by atoms with E-state index >= 15 is 0 Å². The Balaban J connectivity index is 1.88. The number of oxazole rings is 1. The number of nitro groups is 1. The van der Waals surface area contributed by atoms with E-state index in [1.54, 1.807) is 6.07 Å². The lowest BCUT2D eigenvalue weighted by Crippen LogP contribution is -2.19. The van der Waals surface area contributed by atoms with Crippen LogP contribution in [0.15, 0.2) is 16.5 Å². The molecule has 2 heterocycles. The molecule has 2 N–H and O–H groups in total. The van der Waals surface area contributed by atoms with Crippen LogP contribution in [-0.2, 0) is 17.8 Å². The molecule has 0 spiro atoms. The van der Waals surface area contributed by atoms with Crippen LogP contribution in [0.1, 0.15) is 29.3 Å². The van der Waals surface area contributed by atoms with E-state index < -0.39 is 4.92 Å². The zero-order valence-corrected chi connectivity index (χ0v) is 12.8. The second-order valence-electron chi connectivity index (χ2n) is 5.43. The Morgan fingerprint density at radius 3 is 2.83 bits per heavy atom. The average Bonchev–Trinajstić information content (AvgIpc) is 2.82. The summed E-state index contributed by atoms with van der Waals surface area (Å²) in [4.78, 5) is 26.6. The van der Waals surface area contributed by atoms with Gasteiger partial charge >= 0.3 is 0 Å². The number of rotatable bonds is 4. The molecule has 0 fully saturated rings. The standard InChI is InChI=1S/C15H16N4O4/c1-8-9(2)23-15(17-8)7-16-12-6-11-10(3-4-14(20)18-11)5-13(12)19(21)22/h5-6,16H,3-4,7H2,1-2H3,(H,18,20). The summed E-state index contributed by atoms with van der Waals surface area (Å²) in [5.74, 6) is 1.08. The number of fused-ring (bicyclic) bond motifs is 1. The molecular weight excluding hydrogens is 300 g/mol. The van der Waals surface area contributed by atoms with Gasteiger partial charge in [-0.2, -0.15) is 0 Å². The molecule has 0 radical (unpaired) electrons. The number of benzene rings is 1. The van der Waals surface area contributed by atoms with Crippen LogP contribution in [0.25, 0.3) is 0 Å². The van der Waals surface area contributed by atoms with Crippen molar-refractivity contribution in [1.82, 2.24) is 4.98 Å². The van der Waals surface area contributed by atoms with E-state index in [4.69, 9.17) is 4.42 Å². The Morgan fingerprint density at radius 1 is 1.39 bits per heavy atom. The number of hydrogen-bond donors (Lipinski definition) is 2. The Hall–Kier alpha value is -2.90. The summed E-state index contributed by atoms with van der Waals surface area (Å²) >= 11 is 0. The largest absolute Gasteiger partial charge is 0.444 e. The van der Waals surface area contributed by atoms with E-state index in [-0.39, 0.29) is 18.1 Å². The van der Waals surface area contributed by atoms with E-state index in [9.17, 15) is 14.9 Å². The van der Waals surface area contributed by atoms with Crippen molar-refractivity contribution in [2.24, 2.45) is 0 Å². The first kappa shape index (κ1) is 15.0. The molecule has 23 heavy (non-hydrogen) atoms. The van der Waals surface area contributed by atoms with Crippen LogP contribution in [0.5, 0.6) is 0 Å². The average molecular weight is 316 g/mol. The number of hydrogen-bond acceptors (Lipinski definition) is 6. The summed E-state index contributed by atoms with van der Waals surface area (Å²) in [5, 5.41) is 17.0. The maximum atomic E-state index is 11.5. The molecule has 2 aromatic rings. The second-order valence-corrected chi connectivity index (χ2v) is 5.43. The number of amides is 1. The minimum absolute atomic E-state index is 0.0279. The molecule has 1 amide bonds. The predicted molar refractivity (Wildman–Crippen MR) is 83.4 cm³/mol. The van der Waals surface area contributed by atoms with Crippen molar-refractivity contribution in [3.8, 4) is 0 Å². The van der Waals surface area contributed by atoms with E-state index in [0.29, 0.717) is 35.9 Å². The van der Waals surface area contributed by atoms with Crippen molar-refractivity contribution in [2.75, 3.05) is 10.6 Å². The molecule has 0 bridgehead atoms. The van der Waals surface area contributed by atoms with Crippen molar-refractivity contribution >= 4 is 23.0 Å². The first-order valence-electron chi connectivity index (χ1n) is 7.22. The molecule has 1 aliphatic rings. The molecule has 8 nitrogen and oxygen atoms in total. The minimum atomic E-state index is -0.439. The van der Waals surface area contributed by atoms with Crippen LogP contribution >= 0.6 is 0 Å². The molecule has 0 atom stereocenters. The lowest BCUT2D eigenvalue weighted by molar-refractivity contribution is -0.384. The van der Waals surface area contributed by atoms with Gasteiger partial charge < -0.3 is 15.1 Å². The van der Waals surface area contributed by atoms with Crippen molar-refractivity contribution in [1.29, 1.82) is 0 Å². The number of nitro benzene ring substituents is 1. The third-order valence-corrected chi connectivity index (χ3v) is 3.82. The summed E-state index contributed by atoms with van der Waals surface area (Å²) in [6, 6.07) is 3.09. The Labute approximate surface area is 132 Å². The summed E-state index contributed by atoms with van der Waals surface area (Å²) in [5.41, 5.74) is 2.46. The van der Waals surface area contributed by atoms with Gasteiger partial charge in [0.25, 0.3) is 5.69 Å². The van der Waals surface area contributed by atoms with E-state index in [0.717, 1.165) is 11.3 Å². The molecule has 1 aromatic carbocycles. The zero-order valence-electron chi connectivity index (χ0n) is 12.8. The van der Waals surface area contributed by atoms with Crippen LogP contribution in [0.2, 0.25) is 0 Å². The van der Waals surface area contributed by atoms with Crippen LogP contribution in [0.3, 0.4) is 0 Å². The zero-order chi connectivity index (χ0) is 16.6. The SMILES string of the molecule is Cc1nc(CNc2cc3c(cc2[N+](=O)[O-])CCC(=O)N3)oc1C. The van der Waals surface area contributed by atoms with Gasteiger partial charge in [0.1, 0.15) is 11.4 Å². The minimum Gasteiger partial charge on any atom is -0.444 e. The quantitative estimate of drug-likeness (QED) is 0.663. The fourth-order valence-corrected chi connectivity index (χ4v) is 2.49. The molecule has 1 aromatic heterocycles. The smallest absolute Gasteiger partial charge is 0.292 e. The van der Waals surface area contributed by atoms with Crippen molar-refractivity contribution < 1.29 is 14.1 Å². The van der Waals surface area contributed by atoms with E-state index in [1.807, 2.05) is 13.8 Å². The fourth-order valence-electron chi connectivity index (χ4n) is 2.49. The Bertz CT molecular complexity index is 778. The molecular formula is C15H16N4O4. The van der Waals surface area contributed by atoms with Crippen molar-refractivity contribution in [3.63, 3.8) is 0 Å². The Morgan fingerprint density at radius 2 is 2.17 bits per heavy atom. The van der Waals surface area contributed by atoms with Gasteiger partial charge in [0, 0.05) is 18.2 Å². The lowest BCUT2D eigenvalue weighted by Gasteiger charge is -2.18. The number of nitrogens with zero attached hydrogens (tertiary/aromatic N) is 2. The number of carbonyl (C=O) groups excluding carboxylic acids is 1. The third-order valence-electron chi connectivity index (χ3n) is 3.82. The van der Waals surface area contributed by atoms with Gasteiger partial charge in [0.05, 0.1) is 17.2 Å². The molecule has 0 unspecified atom stereocenters. The lowest BCUT2D eigenvalue weighted by atomic mass is 10.0. The molecule has 1 aliphatic heterocycles. The summed E-state index contributed by atoms with van der Waals surface area (Å²) < 4.78 is 5.45. The van der Waals surface area contributed by atoms with Crippen molar-refractivity contribution in [2.45, 2.75) is 33.2 Å². The predicted octanol–water partition coefficient (Wildman–Crippen LogP) is 2.70. The number of aryl methyl sites for hydroxylation is 3. The molecule has 0 saturated carbocycles. The molecule has 0 saturated heterocycles. The maximum absolute atomic E-state index is 11.5. The van der Waals surface area contributed by atoms with E-state index in [2.05, 4.69) is 15.6 Å². The highest BCUT2D eigenvalue weighted by molar-refractivity contribution is 5.95. The maximum Gasteiger partial charge on any atom is 0.292 e. The van der Waals surface area contributed by atoms with Crippen LogP contribution in [0.4, 0.5) is 17.1 Å². The van der Waals surface area contributed by atoms with Crippen LogP contribution in [-0.4, -0.2) is 15.8 Å². The second kappa shape index (κ2) is 5.71. The highest BCUT2D eigenvalue weighted by Gasteiger charge is 2.22. The van der Waals surface area contributed by atoms with Crippen molar-refractivity contribution in [3.05, 3.63) is 45.2 Å². The highest BCUT2D eigenvalue weighted by Crippen LogP contribution is 2.34. The van der Waals surface area contributed by atoms with Crippen LogP contribution in [0, 0.1) is 24.0 Å². The summed E-state index contributed by atoms with van der Waals surface area (Å²) in [6.45, 7) is 3.87. The van der Waals surface area contributed by atoms with Gasteiger partial charge in [0.2, 0.25) is 11.8 Å². The third kappa shape index (κ3) is 3.01. The van der Waals surface area contributed by atoms with E-state index in [1.165, 1.54) is 6.07 Å². The normalized spacial score (nSPS) is 13.4. The highest BCUT2D eigenvalue weighted by atomic mass is 16.6. The van der Waals surface area contributed by atoms with Gasteiger partial charge in [-0.25, -0.2) is 4.98 Å².